The second-order valence-corrected chi connectivity index (χ2v) is 5.42. The van der Waals surface area contributed by atoms with Crippen molar-refractivity contribution in [1.29, 1.82) is 0 Å². The van der Waals surface area contributed by atoms with Gasteiger partial charge in [0.25, 0.3) is 11.5 Å². The van der Waals surface area contributed by atoms with Gasteiger partial charge in [-0.3, -0.25) is 14.4 Å². The fourth-order valence-corrected chi connectivity index (χ4v) is 2.35. The molecule has 7 heteroatoms. The molecule has 1 aromatic rings. The van der Waals surface area contributed by atoms with Crippen molar-refractivity contribution in [2.24, 2.45) is 0 Å². The monoisotopic (exact) mass is 306 g/mol. The van der Waals surface area contributed by atoms with Crippen LogP contribution in [0.3, 0.4) is 0 Å². The number of rotatable bonds is 6. The van der Waals surface area contributed by atoms with Crippen molar-refractivity contribution in [3.63, 3.8) is 0 Å². The van der Waals surface area contributed by atoms with Crippen LogP contribution in [0.2, 0.25) is 0 Å². The van der Waals surface area contributed by atoms with Gasteiger partial charge < -0.3 is 10.2 Å². The largest absolute Gasteiger partial charge is 0.354 e. The third-order valence-electron chi connectivity index (χ3n) is 3.62. The molecule has 0 radical (unpaired) electrons. The maximum atomic E-state index is 12.3. The van der Waals surface area contributed by atoms with E-state index in [1.807, 2.05) is 6.92 Å². The Bertz CT molecular complexity index is 591. The molecule has 0 saturated carbocycles. The Morgan fingerprint density at radius 2 is 2.00 bits per heavy atom. The molecular weight excluding hydrogens is 284 g/mol. The summed E-state index contributed by atoms with van der Waals surface area (Å²) in [5, 5.41) is 6.77. The summed E-state index contributed by atoms with van der Waals surface area (Å²) in [6, 6.07) is 2.71. The number of amides is 2. The third kappa shape index (κ3) is 4.16. The highest BCUT2D eigenvalue weighted by Crippen LogP contribution is 2.10. The molecular formula is C15H22N4O3. The van der Waals surface area contributed by atoms with Gasteiger partial charge in [-0.15, -0.1) is 0 Å². The molecule has 1 aromatic heterocycles. The van der Waals surface area contributed by atoms with Gasteiger partial charge in [-0.05, 0) is 25.3 Å². The molecule has 2 rings (SSSR count). The summed E-state index contributed by atoms with van der Waals surface area (Å²) in [4.78, 5) is 37.5. The minimum Gasteiger partial charge on any atom is -0.354 e. The highest BCUT2D eigenvalue weighted by atomic mass is 16.2. The number of nitrogens with one attached hydrogen (secondary N) is 1. The normalized spacial score (nSPS) is 14.1. The summed E-state index contributed by atoms with van der Waals surface area (Å²) >= 11 is 0. The zero-order chi connectivity index (χ0) is 15.9. The lowest BCUT2D eigenvalue weighted by Gasteiger charge is -2.15. The van der Waals surface area contributed by atoms with E-state index in [4.69, 9.17) is 0 Å². The molecule has 7 nitrogen and oxygen atoms in total. The van der Waals surface area contributed by atoms with Crippen LogP contribution in [0.15, 0.2) is 16.9 Å². The van der Waals surface area contributed by atoms with Crippen molar-refractivity contribution in [1.82, 2.24) is 20.0 Å². The number of likely N-dealkylation sites (tertiary alicyclic amines) is 1. The van der Waals surface area contributed by atoms with Gasteiger partial charge in [0.1, 0.15) is 12.2 Å². The zero-order valence-corrected chi connectivity index (χ0v) is 12.9. The van der Waals surface area contributed by atoms with Crippen molar-refractivity contribution < 1.29 is 9.59 Å². The number of unbranched alkanes of at least 4 members (excludes halogenated alkanes) is 1. The highest BCUT2D eigenvalue weighted by molar-refractivity contribution is 5.92. The first-order valence-electron chi connectivity index (χ1n) is 7.76. The lowest BCUT2D eigenvalue weighted by molar-refractivity contribution is -0.121. The van der Waals surface area contributed by atoms with Crippen LogP contribution >= 0.6 is 0 Å². The Balaban J connectivity index is 2.04. The molecule has 0 unspecified atom stereocenters. The minimum absolute atomic E-state index is 0.163. The first kappa shape index (κ1) is 16.2. The Labute approximate surface area is 129 Å². The van der Waals surface area contributed by atoms with Crippen LogP contribution in [0.25, 0.3) is 0 Å². The maximum absolute atomic E-state index is 12.3. The van der Waals surface area contributed by atoms with Gasteiger partial charge in [0.2, 0.25) is 5.91 Å². The minimum atomic E-state index is -0.386. The summed E-state index contributed by atoms with van der Waals surface area (Å²) < 4.78 is 1.05. The first-order valence-corrected chi connectivity index (χ1v) is 7.76. The molecule has 0 spiro atoms. The maximum Gasteiger partial charge on any atom is 0.274 e. The van der Waals surface area contributed by atoms with Crippen molar-refractivity contribution >= 4 is 11.8 Å². The number of carbonyl (C=O) groups is 2. The summed E-state index contributed by atoms with van der Waals surface area (Å²) in [6.45, 7) is 3.89. The molecule has 0 atom stereocenters. The third-order valence-corrected chi connectivity index (χ3v) is 3.62. The predicted octanol–water partition coefficient (Wildman–Crippen LogP) is 0.396. The fraction of sp³-hybridized carbons (Fsp3) is 0.600. The van der Waals surface area contributed by atoms with Crippen molar-refractivity contribution in [3.8, 4) is 0 Å². The van der Waals surface area contributed by atoms with Crippen LogP contribution in [0, 0.1) is 0 Å². The summed E-state index contributed by atoms with van der Waals surface area (Å²) in [5.74, 6) is -0.452. The molecule has 1 N–H and O–H groups in total. The molecule has 0 bridgehead atoms. The van der Waals surface area contributed by atoms with Gasteiger partial charge in [0.05, 0.1) is 0 Å². The van der Waals surface area contributed by atoms with Gasteiger partial charge in [0.15, 0.2) is 0 Å². The smallest absolute Gasteiger partial charge is 0.274 e. The molecule has 0 aromatic carbocycles. The Morgan fingerprint density at radius 3 is 2.68 bits per heavy atom. The van der Waals surface area contributed by atoms with Crippen LogP contribution in [0.1, 0.15) is 43.1 Å². The Morgan fingerprint density at radius 1 is 1.27 bits per heavy atom. The van der Waals surface area contributed by atoms with Crippen LogP contribution in [0.5, 0.6) is 0 Å². The van der Waals surface area contributed by atoms with E-state index in [2.05, 4.69) is 10.4 Å². The van der Waals surface area contributed by atoms with Gasteiger partial charge >= 0.3 is 0 Å². The van der Waals surface area contributed by atoms with E-state index in [9.17, 15) is 14.4 Å². The van der Waals surface area contributed by atoms with E-state index in [-0.39, 0.29) is 29.6 Å². The second-order valence-electron chi connectivity index (χ2n) is 5.42. The summed E-state index contributed by atoms with van der Waals surface area (Å²) in [6.07, 6.45) is 3.86. The molecule has 1 aliphatic rings. The topological polar surface area (TPSA) is 84.3 Å². The summed E-state index contributed by atoms with van der Waals surface area (Å²) in [7, 11) is 0. The molecule has 1 saturated heterocycles. The van der Waals surface area contributed by atoms with Crippen molar-refractivity contribution in [2.45, 2.75) is 39.2 Å². The second kappa shape index (κ2) is 7.72. The van der Waals surface area contributed by atoms with Gasteiger partial charge in [-0.2, -0.15) is 5.10 Å². The molecule has 120 valence electrons. The van der Waals surface area contributed by atoms with E-state index in [0.717, 1.165) is 43.5 Å². The van der Waals surface area contributed by atoms with E-state index < -0.39 is 0 Å². The zero-order valence-electron chi connectivity index (χ0n) is 12.9. The van der Waals surface area contributed by atoms with E-state index in [1.165, 1.54) is 12.1 Å². The summed E-state index contributed by atoms with van der Waals surface area (Å²) in [5.41, 5.74) is -0.175. The average Bonchev–Trinajstić information content (AvgIpc) is 3.03. The molecule has 22 heavy (non-hydrogen) atoms. The van der Waals surface area contributed by atoms with Gasteiger partial charge in [-0.1, -0.05) is 13.3 Å². The van der Waals surface area contributed by atoms with Crippen LogP contribution < -0.4 is 10.9 Å². The van der Waals surface area contributed by atoms with Crippen LogP contribution in [0.4, 0.5) is 0 Å². The van der Waals surface area contributed by atoms with Crippen molar-refractivity contribution in [3.05, 3.63) is 28.2 Å². The highest BCUT2D eigenvalue weighted by Gasteiger charge is 2.21. The van der Waals surface area contributed by atoms with E-state index >= 15 is 0 Å². The number of carbonyl (C=O) groups excluding carboxylic acids is 2. The lowest BCUT2D eigenvalue weighted by Crippen LogP contribution is -2.36. The molecule has 1 aliphatic heterocycles. The SMILES string of the molecule is CCCCNC(=O)Cn1nc(C(=O)N2CCCC2)ccc1=O. The molecule has 2 amide bonds. The number of hydrogen-bond acceptors (Lipinski definition) is 4. The molecule has 0 aliphatic carbocycles. The number of hydrogen-bond donors (Lipinski definition) is 1. The quantitative estimate of drug-likeness (QED) is 0.771. The predicted molar refractivity (Wildman–Crippen MR) is 81.6 cm³/mol. The van der Waals surface area contributed by atoms with E-state index in [0.29, 0.717) is 6.54 Å². The molecule has 2 heterocycles. The fourth-order valence-electron chi connectivity index (χ4n) is 2.35. The van der Waals surface area contributed by atoms with Crippen LogP contribution in [-0.2, 0) is 11.3 Å². The average molecular weight is 306 g/mol. The molecule has 1 fully saturated rings. The van der Waals surface area contributed by atoms with Gasteiger partial charge in [-0.25, -0.2) is 4.68 Å². The lowest BCUT2D eigenvalue weighted by atomic mass is 10.3. The first-order chi connectivity index (χ1) is 10.6. The number of aromatic nitrogens is 2. The van der Waals surface area contributed by atoms with E-state index in [1.54, 1.807) is 4.90 Å². The van der Waals surface area contributed by atoms with Crippen LogP contribution in [-0.4, -0.2) is 46.1 Å². The standard InChI is InChI=1S/C15H22N4O3/c1-2-3-8-16-13(20)11-19-14(21)7-6-12(17-19)15(22)18-9-4-5-10-18/h6-7H,2-5,8-11H2,1H3,(H,16,20). The van der Waals surface area contributed by atoms with Crippen molar-refractivity contribution in [2.75, 3.05) is 19.6 Å². The number of nitrogens with zero attached hydrogens (tertiary/aromatic N) is 3. The Kier molecular flexibility index (Phi) is 5.68. The van der Waals surface area contributed by atoms with Gasteiger partial charge in [0, 0.05) is 25.7 Å². The Hall–Kier alpha value is -2.18.